The van der Waals surface area contributed by atoms with E-state index in [1.165, 1.54) is 0 Å². The standard InChI is InChI=1S/C8H12N6O/c1-9-4-7-12-13-8(15-7)11-6-3-10-14(2)5-6/h3,5,9H,4H2,1-2H3,(H,11,13). The van der Waals surface area contributed by atoms with Crippen LogP contribution in [-0.4, -0.2) is 27.0 Å². The van der Waals surface area contributed by atoms with Gasteiger partial charge in [-0.05, 0) is 7.05 Å². The molecule has 0 radical (unpaired) electrons. The van der Waals surface area contributed by atoms with E-state index in [-0.39, 0.29) is 0 Å². The van der Waals surface area contributed by atoms with Crippen LogP contribution in [0.4, 0.5) is 11.7 Å². The van der Waals surface area contributed by atoms with E-state index in [4.69, 9.17) is 4.42 Å². The molecule has 0 aliphatic heterocycles. The molecule has 0 fully saturated rings. The molecule has 2 aromatic heterocycles. The highest BCUT2D eigenvalue weighted by Gasteiger charge is 2.05. The number of aryl methyl sites for hydroxylation is 1. The molecule has 0 saturated heterocycles. The summed E-state index contributed by atoms with van der Waals surface area (Å²) in [5.41, 5.74) is 0.817. The Morgan fingerprint density at radius 3 is 3.00 bits per heavy atom. The zero-order valence-electron chi connectivity index (χ0n) is 8.56. The van der Waals surface area contributed by atoms with Crippen molar-refractivity contribution in [2.75, 3.05) is 12.4 Å². The van der Waals surface area contributed by atoms with E-state index in [1.54, 1.807) is 10.9 Å². The van der Waals surface area contributed by atoms with Crippen LogP contribution < -0.4 is 10.6 Å². The Balaban J connectivity index is 2.04. The van der Waals surface area contributed by atoms with Crippen molar-refractivity contribution in [1.29, 1.82) is 0 Å². The van der Waals surface area contributed by atoms with E-state index in [0.717, 1.165) is 5.69 Å². The molecule has 7 nitrogen and oxygen atoms in total. The third-order valence-corrected chi connectivity index (χ3v) is 1.75. The molecule has 2 aromatic rings. The van der Waals surface area contributed by atoms with E-state index in [0.29, 0.717) is 18.5 Å². The van der Waals surface area contributed by atoms with Crippen LogP contribution >= 0.6 is 0 Å². The van der Waals surface area contributed by atoms with E-state index in [2.05, 4.69) is 25.9 Å². The topological polar surface area (TPSA) is 80.8 Å². The second-order valence-corrected chi connectivity index (χ2v) is 3.06. The Morgan fingerprint density at radius 1 is 1.47 bits per heavy atom. The lowest BCUT2D eigenvalue weighted by Gasteiger charge is -1.94. The van der Waals surface area contributed by atoms with Crippen molar-refractivity contribution in [3.05, 3.63) is 18.3 Å². The van der Waals surface area contributed by atoms with Gasteiger partial charge in [0.25, 0.3) is 0 Å². The molecule has 2 N–H and O–H groups in total. The predicted molar refractivity (Wildman–Crippen MR) is 53.6 cm³/mol. The SMILES string of the molecule is CNCc1nnc(Nc2cnn(C)c2)o1. The van der Waals surface area contributed by atoms with Gasteiger partial charge in [0.15, 0.2) is 0 Å². The zero-order valence-corrected chi connectivity index (χ0v) is 8.56. The fourth-order valence-corrected chi connectivity index (χ4v) is 1.14. The van der Waals surface area contributed by atoms with Crippen molar-refractivity contribution in [3.8, 4) is 0 Å². The smallest absolute Gasteiger partial charge is 0.320 e. The maximum atomic E-state index is 5.30. The summed E-state index contributed by atoms with van der Waals surface area (Å²) in [7, 11) is 3.66. The number of rotatable bonds is 4. The van der Waals surface area contributed by atoms with Crippen LogP contribution in [0.1, 0.15) is 5.89 Å². The Labute approximate surface area is 86.5 Å². The lowest BCUT2D eigenvalue weighted by molar-refractivity contribution is 0.493. The molecule has 0 aliphatic rings. The van der Waals surface area contributed by atoms with Crippen LogP contribution in [-0.2, 0) is 13.6 Å². The summed E-state index contributed by atoms with van der Waals surface area (Å²) in [6.45, 7) is 0.557. The predicted octanol–water partition coefficient (Wildman–Crippen LogP) is 0.266. The lowest BCUT2D eigenvalue weighted by atomic mass is 10.6. The first kappa shape index (κ1) is 9.66. The maximum absolute atomic E-state index is 5.30. The van der Waals surface area contributed by atoms with Gasteiger partial charge in [-0.1, -0.05) is 5.10 Å². The summed E-state index contributed by atoms with van der Waals surface area (Å²) in [5, 5.41) is 17.6. The highest BCUT2D eigenvalue weighted by Crippen LogP contribution is 2.13. The third-order valence-electron chi connectivity index (χ3n) is 1.75. The highest BCUT2D eigenvalue weighted by atomic mass is 16.4. The molecule has 2 heterocycles. The quantitative estimate of drug-likeness (QED) is 0.750. The number of anilines is 2. The fourth-order valence-electron chi connectivity index (χ4n) is 1.14. The fraction of sp³-hybridized carbons (Fsp3) is 0.375. The highest BCUT2D eigenvalue weighted by molar-refractivity contribution is 5.48. The maximum Gasteiger partial charge on any atom is 0.320 e. The summed E-state index contributed by atoms with van der Waals surface area (Å²) in [6.07, 6.45) is 3.50. The van der Waals surface area contributed by atoms with E-state index < -0.39 is 0 Å². The molecule has 7 heteroatoms. The van der Waals surface area contributed by atoms with Crippen molar-refractivity contribution in [3.63, 3.8) is 0 Å². The van der Waals surface area contributed by atoms with Gasteiger partial charge in [0.2, 0.25) is 5.89 Å². The first-order valence-electron chi connectivity index (χ1n) is 4.50. The van der Waals surface area contributed by atoms with E-state index in [9.17, 15) is 0 Å². The molecule has 0 atom stereocenters. The Kier molecular flexibility index (Phi) is 2.64. The van der Waals surface area contributed by atoms with Crippen molar-refractivity contribution in [2.45, 2.75) is 6.54 Å². The van der Waals surface area contributed by atoms with Crippen molar-refractivity contribution >= 4 is 11.7 Å². The van der Waals surface area contributed by atoms with Crippen LogP contribution in [0.5, 0.6) is 0 Å². The Hall–Kier alpha value is -1.89. The molecule has 80 valence electrons. The van der Waals surface area contributed by atoms with Gasteiger partial charge >= 0.3 is 6.01 Å². The number of nitrogens with zero attached hydrogens (tertiary/aromatic N) is 4. The van der Waals surface area contributed by atoms with Gasteiger partial charge in [0.05, 0.1) is 18.4 Å². The molecule has 0 unspecified atom stereocenters. The van der Waals surface area contributed by atoms with Crippen LogP contribution in [0.3, 0.4) is 0 Å². The minimum atomic E-state index is 0.369. The molecule has 0 aromatic carbocycles. The lowest BCUT2D eigenvalue weighted by Crippen LogP contribution is -2.04. The molecule has 0 bridgehead atoms. The summed E-state index contributed by atoms with van der Waals surface area (Å²) < 4.78 is 6.99. The van der Waals surface area contributed by atoms with Crippen molar-refractivity contribution < 1.29 is 4.42 Å². The Bertz CT molecular complexity index is 434. The molecule has 2 rings (SSSR count). The van der Waals surface area contributed by atoms with Crippen LogP contribution in [0.2, 0.25) is 0 Å². The van der Waals surface area contributed by atoms with Gasteiger partial charge in [-0.3, -0.25) is 4.68 Å². The first-order valence-corrected chi connectivity index (χ1v) is 4.50. The molecule has 15 heavy (non-hydrogen) atoms. The van der Waals surface area contributed by atoms with Gasteiger partial charge in [0.1, 0.15) is 0 Å². The number of hydrogen-bond donors (Lipinski definition) is 2. The van der Waals surface area contributed by atoms with Gasteiger partial charge in [-0.2, -0.15) is 5.10 Å². The summed E-state index contributed by atoms with van der Waals surface area (Å²) in [4.78, 5) is 0. The summed E-state index contributed by atoms with van der Waals surface area (Å²) in [5.74, 6) is 0.545. The van der Waals surface area contributed by atoms with Crippen molar-refractivity contribution in [2.24, 2.45) is 7.05 Å². The van der Waals surface area contributed by atoms with Gasteiger partial charge in [-0.25, -0.2) is 0 Å². The molecule has 0 amide bonds. The average Bonchev–Trinajstić information content (AvgIpc) is 2.78. The monoisotopic (exact) mass is 208 g/mol. The molecule has 0 spiro atoms. The van der Waals surface area contributed by atoms with E-state index in [1.807, 2.05) is 20.3 Å². The summed E-state index contributed by atoms with van der Waals surface area (Å²) >= 11 is 0. The second kappa shape index (κ2) is 4.09. The minimum Gasteiger partial charge on any atom is -0.406 e. The first-order chi connectivity index (χ1) is 7.28. The van der Waals surface area contributed by atoms with Gasteiger partial charge in [-0.15, -0.1) is 5.10 Å². The molecule has 0 aliphatic carbocycles. The van der Waals surface area contributed by atoms with Crippen LogP contribution in [0, 0.1) is 0 Å². The molecular weight excluding hydrogens is 196 g/mol. The largest absolute Gasteiger partial charge is 0.406 e. The van der Waals surface area contributed by atoms with Crippen LogP contribution in [0.15, 0.2) is 16.8 Å². The number of hydrogen-bond acceptors (Lipinski definition) is 6. The van der Waals surface area contributed by atoms with Crippen LogP contribution in [0.25, 0.3) is 0 Å². The molecular formula is C8H12N6O. The van der Waals surface area contributed by atoms with Gasteiger partial charge < -0.3 is 15.1 Å². The number of nitrogens with one attached hydrogen (secondary N) is 2. The normalized spacial score (nSPS) is 10.5. The number of aromatic nitrogens is 4. The van der Waals surface area contributed by atoms with Crippen molar-refractivity contribution in [1.82, 2.24) is 25.3 Å². The second-order valence-electron chi connectivity index (χ2n) is 3.06. The third kappa shape index (κ3) is 2.32. The zero-order chi connectivity index (χ0) is 10.7. The molecule has 0 saturated carbocycles. The summed E-state index contributed by atoms with van der Waals surface area (Å²) in [6, 6.07) is 0.369. The average molecular weight is 208 g/mol. The Morgan fingerprint density at radius 2 is 2.33 bits per heavy atom. The van der Waals surface area contributed by atoms with Gasteiger partial charge in [0, 0.05) is 13.2 Å². The van der Waals surface area contributed by atoms with E-state index >= 15 is 0 Å². The minimum absolute atomic E-state index is 0.369.